The van der Waals surface area contributed by atoms with Gasteiger partial charge in [-0.15, -0.1) is 0 Å². The van der Waals surface area contributed by atoms with Crippen LogP contribution in [0.4, 0.5) is 0 Å². The fraction of sp³-hybridized carbons (Fsp3) is 0.375. The van der Waals surface area contributed by atoms with Gasteiger partial charge in [0.2, 0.25) is 0 Å². The molecule has 0 bridgehead atoms. The van der Waals surface area contributed by atoms with E-state index in [1.54, 1.807) is 6.20 Å². The molecule has 0 spiro atoms. The fourth-order valence-corrected chi connectivity index (χ4v) is 2.32. The number of benzene rings is 1. The SMILES string of the molecule is CCCc1c(C(=O)NC2CC2)cnn1-c1ccccc1. The number of nitrogens with one attached hydrogen (secondary N) is 1. The molecule has 1 fully saturated rings. The second-order valence-corrected chi connectivity index (χ2v) is 5.25. The van der Waals surface area contributed by atoms with Crippen LogP contribution in [0.3, 0.4) is 0 Å². The summed E-state index contributed by atoms with van der Waals surface area (Å²) in [5.41, 5.74) is 2.71. The van der Waals surface area contributed by atoms with Gasteiger partial charge in [-0.2, -0.15) is 5.10 Å². The van der Waals surface area contributed by atoms with Crippen molar-refractivity contribution in [3.05, 3.63) is 47.8 Å². The molecule has 1 heterocycles. The molecule has 1 aliphatic carbocycles. The largest absolute Gasteiger partial charge is 0.349 e. The molecular formula is C16H19N3O. The van der Waals surface area contributed by atoms with Crippen LogP contribution >= 0.6 is 0 Å². The highest BCUT2D eigenvalue weighted by molar-refractivity contribution is 5.95. The van der Waals surface area contributed by atoms with Crippen molar-refractivity contribution in [3.8, 4) is 5.69 Å². The summed E-state index contributed by atoms with van der Waals surface area (Å²) in [5.74, 6) is 0.0122. The van der Waals surface area contributed by atoms with E-state index in [0.29, 0.717) is 11.6 Å². The molecule has 20 heavy (non-hydrogen) atoms. The van der Waals surface area contributed by atoms with Crippen molar-refractivity contribution < 1.29 is 4.79 Å². The van der Waals surface area contributed by atoms with Crippen LogP contribution in [0.2, 0.25) is 0 Å². The molecule has 0 unspecified atom stereocenters. The van der Waals surface area contributed by atoms with E-state index in [0.717, 1.165) is 37.1 Å². The molecular weight excluding hydrogens is 250 g/mol. The number of hydrogen-bond donors (Lipinski definition) is 1. The van der Waals surface area contributed by atoms with E-state index in [2.05, 4.69) is 17.3 Å². The Bertz CT molecular complexity index is 599. The van der Waals surface area contributed by atoms with Crippen LogP contribution in [-0.2, 0) is 6.42 Å². The molecule has 0 aliphatic heterocycles. The van der Waals surface area contributed by atoms with Crippen molar-refractivity contribution in [3.63, 3.8) is 0 Å². The Labute approximate surface area is 118 Å². The highest BCUT2D eigenvalue weighted by Gasteiger charge is 2.26. The van der Waals surface area contributed by atoms with E-state index < -0.39 is 0 Å². The van der Waals surface area contributed by atoms with Crippen molar-refractivity contribution in [1.82, 2.24) is 15.1 Å². The smallest absolute Gasteiger partial charge is 0.254 e. The fourth-order valence-electron chi connectivity index (χ4n) is 2.32. The Morgan fingerprint density at radius 3 is 2.75 bits per heavy atom. The summed E-state index contributed by atoms with van der Waals surface area (Å²) in [6, 6.07) is 10.3. The van der Waals surface area contributed by atoms with Crippen LogP contribution in [0, 0.1) is 0 Å². The first-order valence-corrected chi connectivity index (χ1v) is 7.22. The van der Waals surface area contributed by atoms with Crippen molar-refractivity contribution >= 4 is 5.91 Å². The number of aromatic nitrogens is 2. The van der Waals surface area contributed by atoms with Crippen LogP contribution in [-0.4, -0.2) is 21.7 Å². The van der Waals surface area contributed by atoms with Crippen molar-refractivity contribution in [1.29, 1.82) is 0 Å². The summed E-state index contributed by atoms with van der Waals surface area (Å²) < 4.78 is 1.88. The Kier molecular flexibility index (Phi) is 3.54. The van der Waals surface area contributed by atoms with Crippen LogP contribution < -0.4 is 5.32 Å². The second kappa shape index (κ2) is 5.49. The van der Waals surface area contributed by atoms with Crippen molar-refractivity contribution in [2.24, 2.45) is 0 Å². The summed E-state index contributed by atoms with van der Waals surface area (Å²) in [6.07, 6.45) is 5.73. The molecule has 1 saturated carbocycles. The molecule has 4 nitrogen and oxygen atoms in total. The zero-order valence-corrected chi connectivity index (χ0v) is 11.7. The van der Waals surface area contributed by atoms with Gasteiger partial charge >= 0.3 is 0 Å². The van der Waals surface area contributed by atoms with Crippen LogP contribution in [0.5, 0.6) is 0 Å². The first-order chi connectivity index (χ1) is 9.79. The van der Waals surface area contributed by atoms with Crippen LogP contribution in [0.25, 0.3) is 5.69 Å². The Morgan fingerprint density at radius 2 is 2.10 bits per heavy atom. The standard InChI is InChI=1S/C16H19N3O/c1-2-6-15-14(16(20)18-12-9-10-12)11-17-19(15)13-7-4-3-5-8-13/h3-5,7-8,11-12H,2,6,9-10H2,1H3,(H,18,20). The summed E-state index contributed by atoms with van der Waals surface area (Å²) in [7, 11) is 0. The van der Waals surface area contributed by atoms with Gasteiger partial charge in [0.05, 0.1) is 23.1 Å². The third-order valence-electron chi connectivity index (χ3n) is 3.51. The number of para-hydroxylation sites is 1. The van der Waals surface area contributed by atoms with Gasteiger partial charge in [-0.1, -0.05) is 31.5 Å². The number of rotatable bonds is 5. The first kappa shape index (κ1) is 12.9. The second-order valence-electron chi connectivity index (χ2n) is 5.25. The third-order valence-corrected chi connectivity index (χ3v) is 3.51. The Balaban J connectivity index is 1.94. The molecule has 1 aliphatic rings. The predicted molar refractivity (Wildman–Crippen MR) is 78.0 cm³/mol. The van der Waals surface area contributed by atoms with Gasteiger partial charge in [-0.05, 0) is 31.4 Å². The quantitative estimate of drug-likeness (QED) is 0.907. The molecule has 2 aromatic rings. The van der Waals surface area contributed by atoms with Crippen molar-refractivity contribution in [2.75, 3.05) is 0 Å². The van der Waals surface area contributed by atoms with Gasteiger partial charge in [-0.25, -0.2) is 4.68 Å². The van der Waals surface area contributed by atoms with E-state index in [4.69, 9.17) is 0 Å². The summed E-state index contributed by atoms with van der Waals surface area (Å²) in [4.78, 5) is 12.3. The number of hydrogen-bond acceptors (Lipinski definition) is 2. The van der Waals surface area contributed by atoms with E-state index in [1.807, 2.05) is 35.0 Å². The minimum atomic E-state index is 0.0122. The van der Waals surface area contributed by atoms with Gasteiger partial charge in [-0.3, -0.25) is 4.79 Å². The maximum absolute atomic E-state index is 12.3. The van der Waals surface area contributed by atoms with Gasteiger partial charge < -0.3 is 5.32 Å². The molecule has 3 rings (SSSR count). The highest BCUT2D eigenvalue weighted by atomic mass is 16.1. The molecule has 0 radical (unpaired) electrons. The monoisotopic (exact) mass is 269 g/mol. The maximum atomic E-state index is 12.3. The lowest BCUT2D eigenvalue weighted by atomic mass is 10.1. The lowest BCUT2D eigenvalue weighted by Crippen LogP contribution is -2.26. The molecule has 104 valence electrons. The molecule has 0 saturated heterocycles. The Morgan fingerprint density at radius 1 is 1.35 bits per heavy atom. The molecule has 1 aromatic carbocycles. The van der Waals surface area contributed by atoms with E-state index in [9.17, 15) is 4.79 Å². The average molecular weight is 269 g/mol. The molecule has 1 aromatic heterocycles. The minimum absolute atomic E-state index is 0.0122. The van der Waals surface area contributed by atoms with Gasteiger partial charge in [0.1, 0.15) is 0 Å². The van der Waals surface area contributed by atoms with Gasteiger partial charge in [0.15, 0.2) is 0 Å². The summed E-state index contributed by atoms with van der Waals surface area (Å²) in [5, 5.41) is 7.45. The molecule has 1 N–H and O–H groups in total. The lowest BCUT2D eigenvalue weighted by molar-refractivity contribution is 0.0950. The third kappa shape index (κ3) is 2.59. The van der Waals surface area contributed by atoms with E-state index >= 15 is 0 Å². The average Bonchev–Trinajstić information content (AvgIpc) is 3.18. The van der Waals surface area contributed by atoms with Crippen LogP contribution in [0.15, 0.2) is 36.5 Å². The van der Waals surface area contributed by atoms with E-state index in [-0.39, 0.29) is 5.91 Å². The van der Waals surface area contributed by atoms with E-state index in [1.165, 1.54) is 0 Å². The normalized spacial score (nSPS) is 14.2. The zero-order valence-electron chi connectivity index (χ0n) is 11.7. The van der Waals surface area contributed by atoms with Crippen molar-refractivity contribution in [2.45, 2.75) is 38.6 Å². The predicted octanol–water partition coefficient (Wildman–Crippen LogP) is 2.72. The molecule has 1 amide bonds. The molecule has 4 heteroatoms. The summed E-state index contributed by atoms with van der Waals surface area (Å²) in [6.45, 7) is 2.12. The zero-order chi connectivity index (χ0) is 13.9. The van der Waals surface area contributed by atoms with Crippen LogP contribution in [0.1, 0.15) is 42.2 Å². The highest BCUT2D eigenvalue weighted by Crippen LogP contribution is 2.21. The van der Waals surface area contributed by atoms with Gasteiger partial charge in [0.25, 0.3) is 5.91 Å². The number of amides is 1. The number of carbonyl (C=O) groups is 1. The maximum Gasteiger partial charge on any atom is 0.254 e. The first-order valence-electron chi connectivity index (χ1n) is 7.22. The van der Waals surface area contributed by atoms with Gasteiger partial charge in [0, 0.05) is 6.04 Å². The summed E-state index contributed by atoms with van der Waals surface area (Å²) >= 11 is 0. The Hall–Kier alpha value is -2.10. The minimum Gasteiger partial charge on any atom is -0.349 e. The molecule has 0 atom stereocenters. The number of nitrogens with zero attached hydrogens (tertiary/aromatic N) is 2. The number of carbonyl (C=O) groups excluding carboxylic acids is 1. The lowest BCUT2D eigenvalue weighted by Gasteiger charge is -2.09. The topological polar surface area (TPSA) is 46.9 Å².